The maximum Gasteiger partial charge on any atom is 0.0587 e. The highest BCUT2D eigenvalue weighted by atomic mass is 15.3. The predicted molar refractivity (Wildman–Crippen MR) is 86.7 cm³/mol. The summed E-state index contributed by atoms with van der Waals surface area (Å²) in [6.07, 6.45) is 7.25. The van der Waals surface area contributed by atoms with E-state index in [-0.39, 0.29) is 0 Å². The van der Waals surface area contributed by atoms with Gasteiger partial charge >= 0.3 is 0 Å². The Morgan fingerprint density at radius 2 is 1.95 bits per heavy atom. The minimum atomic E-state index is 0.351. The van der Waals surface area contributed by atoms with Crippen LogP contribution in [0.5, 0.6) is 0 Å². The summed E-state index contributed by atoms with van der Waals surface area (Å²) >= 11 is 0. The summed E-state index contributed by atoms with van der Waals surface area (Å²) in [7, 11) is 2.25. The zero-order valence-electron chi connectivity index (χ0n) is 13.1. The van der Waals surface area contributed by atoms with Crippen LogP contribution in [0.3, 0.4) is 0 Å². The van der Waals surface area contributed by atoms with Gasteiger partial charge in [0.1, 0.15) is 0 Å². The van der Waals surface area contributed by atoms with E-state index in [0.717, 1.165) is 6.42 Å². The van der Waals surface area contributed by atoms with Crippen molar-refractivity contribution in [3.63, 3.8) is 0 Å². The molecule has 20 heavy (non-hydrogen) atoms. The molecule has 0 bridgehead atoms. The Hall–Kier alpha value is -1.34. The Balaban J connectivity index is 1.98. The summed E-state index contributed by atoms with van der Waals surface area (Å²) in [5.74, 6) is 0.538. The lowest BCUT2D eigenvalue weighted by Gasteiger charge is -2.32. The van der Waals surface area contributed by atoms with Crippen molar-refractivity contribution >= 4 is 5.57 Å². The van der Waals surface area contributed by atoms with Crippen LogP contribution in [0.15, 0.2) is 42.0 Å². The molecule has 0 N–H and O–H groups in total. The fraction of sp³-hybridized carbons (Fsp3) is 0.474. The average Bonchev–Trinajstić information content (AvgIpc) is 3.07. The van der Waals surface area contributed by atoms with Gasteiger partial charge in [-0.1, -0.05) is 55.8 Å². The maximum atomic E-state index is 2.49. The lowest BCUT2D eigenvalue weighted by atomic mass is 9.74. The van der Waals surface area contributed by atoms with Crippen molar-refractivity contribution in [2.75, 3.05) is 13.6 Å². The molecule has 0 saturated carbocycles. The number of benzene rings is 1. The molecule has 1 heterocycles. The lowest BCUT2D eigenvalue weighted by molar-refractivity contribution is 0.483. The van der Waals surface area contributed by atoms with Gasteiger partial charge in [-0.25, -0.2) is 0 Å². The van der Waals surface area contributed by atoms with Gasteiger partial charge in [-0.2, -0.15) is 0 Å². The van der Waals surface area contributed by atoms with Crippen molar-refractivity contribution in [3.8, 4) is 0 Å². The van der Waals surface area contributed by atoms with E-state index in [0.29, 0.717) is 11.5 Å². The number of likely N-dealkylation sites (N-methyl/N-ethyl adjacent to an activating group) is 1. The van der Waals surface area contributed by atoms with Crippen LogP contribution >= 0.6 is 0 Å². The number of nitrogens with zero attached hydrogens (tertiary/aromatic N) is 1. The summed E-state index contributed by atoms with van der Waals surface area (Å²) in [6, 6.07) is 8.99. The third-order valence-corrected chi connectivity index (χ3v) is 5.06. The summed E-state index contributed by atoms with van der Waals surface area (Å²) in [4.78, 5) is 2.49. The van der Waals surface area contributed by atoms with Crippen molar-refractivity contribution in [2.24, 2.45) is 5.92 Å². The molecule has 1 aromatic carbocycles. The molecule has 1 spiro atoms. The Morgan fingerprint density at radius 1 is 1.30 bits per heavy atom. The van der Waals surface area contributed by atoms with Crippen LogP contribution in [0.4, 0.5) is 0 Å². The van der Waals surface area contributed by atoms with Gasteiger partial charge in [0.25, 0.3) is 0 Å². The van der Waals surface area contributed by atoms with Crippen molar-refractivity contribution in [1.82, 2.24) is 4.90 Å². The fourth-order valence-corrected chi connectivity index (χ4v) is 3.73. The van der Waals surface area contributed by atoms with Crippen molar-refractivity contribution in [3.05, 3.63) is 53.1 Å². The van der Waals surface area contributed by atoms with Crippen LogP contribution in [0.2, 0.25) is 0 Å². The molecule has 1 aliphatic carbocycles. The lowest BCUT2D eigenvalue weighted by Crippen LogP contribution is -2.28. The van der Waals surface area contributed by atoms with Gasteiger partial charge in [0, 0.05) is 12.5 Å². The Labute approximate surface area is 123 Å². The first-order valence-electron chi connectivity index (χ1n) is 7.77. The molecule has 3 rings (SSSR count). The van der Waals surface area contributed by atoms with Gasteiger partial charge in [-0.05, 0) is 43.5 Å². The number of hydrogen-bond donors (Lipinski definition) is 0. The van der Waals surface area contributed by atoms with E-state index in [4.69, 9.17) is 0 Å². The second-order valence-electron chi connectivity index (χ2n) is 6.41. The molecule has 1 aliphatic heterocycles. The van der Waals surface area contributed by atoms with Gasteiger partial charge in [-0.3, -0.25) is 4.90 Å². The average molecular weight is 267 g/mol. The molecular formula is C19H25N. The molecule has 1 aromatic rings. The minimum Gasteiger partial charge on any atom is -0.293 e. The Bertz CT molecular complexity index is 564. The normalized spacial score (nSPS) is 34.4. The molecule has 0 aromatic heterocycles. The standard InChI is InChI=1S/C19H25N/c1-5-6-18-15(3)17(11-12-19(18)13-20(19)4)16-9-7-14(2)8-10-16/h6-11,15H,5,12-13H2,1-4H3/b18-6-. The molecule has 1 fully saturated rings. The first-order valence-corrected chi connectivity index (χ1v) is 7.77. The van der Waals surface area contributed by atoms with Gasteiger partial charge in [-0.15, -0.1) is 0 Å². The van der Waals surface area contributed by atoms with E-state index < -0.39 is 0 Å². The second-order valence-corrected chi connectivity index (χ2v) is 6.41. The van der Waals surface area contributed by atoms with Gasteiger partial charge < -0.3 is 0 Å². The summed E-state index contributed by atoms with van der Waals surface area (Å²) in [5.41, 5.74) is 6.23. The third kappa shape index (κ3) is 2.05. The number of rotatable bonds is 2. The molecule has 3 unspecified atom stereocenters. The van der Waals surface area contributed by atoms with E-state index in [9.17, 15) is 0 Å². The van der Waals surface area contributed by atoms with Crippen LogP contribution < -0.4 is 0 Å². The molecule has 0 amide bonds. The van der Waals surface area contributed by atoms with Gasteiger partial charge in [0.15, 0.2) is 0 Å². The van der Waals surface area contributed by atoms with E-state index in [1.54, 1.807) is 5.57 Å². The topological polar surface area (TPSA) is 3.01 Å². The van der Waals surface area contributed by atoms with Crippen molar-refractivity contribution in [1.29, 1.82) is 0 Å². The van der Waals surface area contributed by atoms with E-state index in [2.05, 4.69) is 69.1 Å². The van der Waals surface area contributed by atoms with Gasteiger partial charge in [0.05, 0.1) is 5.54 Å². The highest BCUT2D eigenvalue weighted by Crippen LogP contribution is 2.51. The fourth-order valence-electron chi connectivity index (χ4n) is 3.73. The smallest absolute Gasteiger partial charge is 0.0587 e. The van der Waals surface area contributed by atoms with Crippen molar-refractivity contribution in [2.45, 2.75) is 39.2 Å². The van der Waals surface area contributed by atoms with E-state index >= 15 is 0 Å². The number of hydrogen-bond acceptors (Lipinski definition) is 1. The molecule has 1 saturated heterocycles. The largest absolute Gasteiger partial charge is 0.293 e. The zero-order chi connectivity index (χ0) is 14.3. The van der Waals surface area contributed by atoms with Crippen LogP contribution in [0.25, 0.3) is 5.57 Å². The zero-order valence-corrected chi connectivity index (χ0v) is 13.1. The first-order chi connectivity index (χ1) is 9.58. The molecule has 2 aliphatic rings. The Morgan fingerprint density at radius 3 is 2.50 bits per heavy atom. The van der Waals surface area contributed by atoms with Crippen LogP contribution in [-0.4, -0.2) is 24.0 Å². The highest BCUT2D eigenvalue weighted by molar-refractivity contribution is 5.73. The molecule has 106 valence electrons. The summed E-state index contributed by atoms with van der Waals surface area (Å²) in [6.45, 7) is 8.00. The van der Waals surface area contributed by atoms with Crippen LogP contribution in [-0.2, 0) is 0 Å². The molecule has 3 atom stereocenters. The summed E-state index contributed by atoms with van der Waals surface area (Å²) in [5, 5.41) is 0. The maximum absolute atomic E-state index is 2.49. The van der Waals surface area contributed by atoms with Gasteiger partial charge in [0.2, 0.25) is 0 Å². The van der Waals surface area contributed by atoms with E-state index in [1.165, 1.54) is 29.7 Å². The molecular weight excluding hydrogens is 242 g/mol. The SMILES string of the molecule is CC/C=C1/C(C)C(c2ccc(C)cc2)=CCC12CN2C. The van der Waals surface area contributed by atoms with Crippen molar-refractivity contribution < 1.29 is 0 Å². The van der Waals surface area contributed by atoms with E-state index in [1.807, 2.05) is 0 Å². The monoisotopic (exact) mass is 267 g/mol. The highest BCUT2D eigenvalue weighted by Gasteiger charge is 2.54. The van der Waals surface area contributed by atoms with Crippen LogP contribution in [0.1, 0.15) is 37.8 Å². The van der Waals surface area contributed by atoms with Crippen LogP contribution in [0, 0.1) is 12.8 Å². The molecule has 1 nitrogen and oxygen atoms in total. The third-order valence-electron chi connectivity index (χ3n) is 5.06. The second kappa shape index (κ2) is 4.89. The predicted octanol–water partition coefficient (Wildman–Crippen LogP) is 4.44. The molecule has 0 radical (unpaired) electrons. The quantitative estimate of drug-likeness (QED) is 0.565. The minimum absolute atomic E-state index is 0.351. The first kappa shape index (κ1) is 13.6. The number of allylic oxidation sites excluding steroid dienone is 2. The Kier molecular flexibility index (Phi) is 3.33. The summed E-state index contributed by atoms with van der Waals surface area (Å²) < 4.78 is 0. The molecule has 1 heteroatoms. The number of aryl methyl sites for hydroxylation is 1.